The van der Waals surface area contributed by atoms with Crippen LogP contribution in [0.1, 0.15) is 180 Å². The molecule has 5 saturated heterocycles. The fourth-order valence-electron chi connectivity index (χ4n) is 13.9. The van der Waals surface area contributed by atoms with Crippen LogP contribution in [-0.4, -0.2) is 246 Å². The summed E-state index contributed by atoms with van der Waals surface area (Å²) in [5.41, 5.74) is 10.0. The second-order valence-electron chi connectivity index (χ2n) is 34.6. The van der Waals surface area contributed by atoms with Gasteiger partial charge in [-0.1, -0.05) is 45.8 Å². The Morgan fingerprint density at radius 3 is 1.04 bits per heavy atom. The van der Waals surface area contributed by atoms with Gasteiger partial charge in [-0.15, -0.1) is 18.8 Å². The van der Waals surface area contributed by atoms with Gasteiger partial charge in [-0.2, -0.15) is 0 Å². The van der Waals surface area contributed by atoms with Crippen molar-refractivity contribution in [1.29, 1.82) is 0 Å². The lowest BCUT2D eigenvalue weighted by Gasteiger charge is -2.21. The first-order valence-electron chi connectivity index (χ1n) is 45.7. The number of oxazole rings is 4. The van der Waals surface area contributed by atoms with Gasteiger partial charge in [0, 0.05) is 88.3 Å². The molecule has 43 nitrogen and oxygen atoms in total. The lowest BCUT2D eigenvalue weighted by atomic mass is 10.1. The van der Waals surface area contributed by atoms with E-state index >= 15 is 0 Å². The number of fused-ring (bicyclic) bond motifs is 4. The number of benzene rings is 4. The molecule has 140 heavy (non-hydrogen) atoms. The molecule has 4 unspecified atom stereocenters. The van der Waals surface area contributed by atoms with Crippen molar-refractivity contribution in [1.82, 2.24) is 55.5 Å². The number of carbonyl (C=O) groups is 11. The number of hydrogen-bond donors (Lipinski definition) is 8. The second-order valence-corrected chi connectivity index (χ2v) is 35.5. The zero-order valence-corrected chi connectivity index (χ0v) is 82.5. The number of aryl methyl sites for hydroxylation is 2. The van der Waals surface area contributed by atoms with Gasteiger partial charge in [-0.3, -0.25) is 77.9 Å². The highest BCUT2D eigenvalue weighted by molar-refractivity contribution is 9.10. The Balaban J connectivity index is 0.000000240. The van der Waals surface area contributed by atoms with Crippen LogP contribution in [0.3, 0.4) is 0 Å². The standard InChI is InChI=1S/C24H33N3O8.C24H29N3O8.C19H25N3O6.C12H9BrN2O4.C12H21NO4.C4H8O.ClH/c2*1-24(2,3)35-22(30)25-10-12-33-14-13-32-11-4-5-16-6-7-17-19(15-16)34-23(31)27(17)18-8-9-20(28)26-21(18)29;20-7-9-27-11-10-26-8-1-2-13-3-4-14-16(12-13)28-19(25)22(14)15-5-6-17(23)21-18(15)24;13-6-1-2-7-9(5-6)19-12(18)15(7)8-3-4-10(16)14-11(8)17;1-5-7-15-9-10-16-8-6-13-11(14)17-12(2,3)4;1-2-4-5-3-1;/h6-7,15,18H,4-5,8-14H2,1-3H3,(H,25,30)(H,26,28,29);6-7,15,18H,8-14H2,1-3H3,(H,25,30)(H,26,28,29);3-4,12,15H,1-2,5-11,20H2,(H,21,23,24);1-2,5,8H,3-4H2,(H,14,16,17);1H,6-10H2,2-4H3,(H,13,14);1-4H2;1H. The number of alkyl carbamates (subject to hydrolysis) is 3. The van der Waals surface area contributed by atoms with Crippen LogP contribution in [0.15, 0.2) is 114 Å². The minimum atomic E-state index is -0.790. The summed E-state index contributed by atoms with van der Waals surface area (Å²) in [5, 5.41) is 16.8. The van der Waals surface area contributed by atoms with Gasteiger partial charge in [-0.25, -0.2) is 33.6 Å². The molecule has 0 spiro atoms. The molecule has 11 amide bonds. The number of imide groups is 4. The van der Waals surface area contributed by atoms with E-state index in [9.17, 15) is 71.9 Å². The van der Waals surface area contributed by atoms with E-state index in [1.165, 1.54) is 31.1 Å². The van der Waals surface area contributed by atoms with Crippen LogP contribution in [-0.2, 0) is 108 Å². The highest BCUT2D eigenvalue weighted by Gasteiger charge is 2.36. The zero-order chi connectivity index (χ0) is 101. The topological polar surface area (TPSA) is 549 Å². The van der Waals surface area contributed by atoms with Crippen LogP contribution in [0.5, 0.6) is 0 Å². The van der Waals surface area contributed by atoms with Crippen molar-refractivity contribution >= 4 is 138 Å². The van der Waals surface area contributed by atoms with Crippen LogP contribution in [0.2, 0.25) is 0 Å². The van der Waals surface area contributed by atoms with Gasteiger partial charge < -0.3 is 96.2 Å². The number of piperidine rings is 4. The average molecular weight is 2050 g/mol. The summed E-state index contributed by atoms with van der Waals surface area (Å²) in [7, 11) is 0. The minimum Gasteiger partial charge on any atom is -0.444 e. The van der Waals surface area contributed by atoms with Crippen molar-refractivity contribution in [2.45, 2.75) is 193 Å². The van der Waals surface area contributed by atoms with Gasteiger partial charge in [0.2, 0.25) is 47.3 Å². The van der Waals surface area contributed by atoms with Crippen LogP contribution >= 0.6 is 28.3 Å². The number of aromatic nitrogens is 4. The van der Waals surface area contributed by atoms with E-state index in [-0.39, 0.29) is 87.6 Å². The molecule has 9 N–H and O–H groups in total. The first-order chi connectivity index (χ1) is 66.4. The van der Waals surface area contributed by atoms with E-state index in [0.29, 0.717) is 182 Å². The van der Waals surface area contributed by atoms with Gasteiger partial charge in [0.15, 0.2) is 22.3 Å². The van der Waals surface area contributed by atoms with Crippen molar-refractivity contribution in [3.8, 4) is 24.2 Å². The maximum atomic E-state index is 12.4. The number of halogens is 2. The van der Waals surface area contributed by atoms with E-state index in [2.05, 4.69) is 70.9 Å². The first kappa shape index (κ1) is 115. The second kappa shape index (κ2) is 58.8. The molecule has 5 aliphatic heterocycles. The summed E-state index contributed by atoms with van der Waals surface area (Å²) in [4.78, 5) is 176. The Hall–Kier alpha value is -12.2. The van der Waals surface area contributed by atoms with E-state index in [1.54, 1.807) is 96.1 Å². The highest BCUT2D eigenvalue weighted by atomic mass is 79.9. The fraction of sp³-hybridized carbons (Fsp3) is 0.547. The Morgan fingerprint density at radius 1 is 0.414 bits per heavy atom. The van der Waals surface area contributed by atoms with Gasteiger partial charge >= 0.3 is 41.3 Å². The Labute approximate surface area is 821 Å². The molecular formula is C95H126BrClN12O31. The molecule has 8 aromatic rings. The van der Waals surface area contributed by atoms with E-state index in [1.807, 2.05) is 39.0 Å². The van der Waals surface area contributed by atoms with Crippen molar-refractivity contribution in [2.75, 3.05) is 145 Å². The Kier molecular flexibility index (Phi) is 48.2. The number of hydrogen-bond acceptors (Lipinski definition) is 32. The molecule has 5 fully saturated rings. The fourth-order valence-corrected chi connectivity index (χ4v) is 14.3. The lowest BCUT2D eigenvalue weighted by molar-refractivity contribution is -0.137. The molecule has 45 heteroatoms. The zero-order valence-electron chi connectivity index (χ0n) is 80.1. The summed E-state index contributed by atoms with van der Waals surface area (Å²) in [6.07, 6.45) is 11.1. The molecule has 0 saturated carbocycles. The number of rotatable bonds is 37. The van der Waals surface area contributed by atoms with E-state index < -0.39 is 106 Å². The number of nitrogens with zero attached hydrogens (tertiary/aromatic N) is 4. The minimum absolute atomic E-state index is 0. The molecule has 0 aliphatic carbocycles. The van der Waals surface area contributed by atoms with Crippen molar-refractivity contribution in [3.63, 3.8) is 0 Å². The molecule has 5 aliphatic rings. The van der Waals surface area contributed by atoms with Crippen molar-refractivity contribution in [2.24, 2.45) is 5.73 Å². The number of ether oxygens (including phenoxy) is 12. The molecule has 4 aromatic carbocycles. The van der Waals surface area contributed by atoms with Gasteiger partial charge in [0.05, 0.1) is 101 Å². The molecule has 4 atom stereocenters. The first-order valence-corrected chi connectivity index (χ1v) is 46.5. The third kappa shape index (κ3) is 39.8. The number of nitrogens with two attached hydrogens (primary N) is 1. The Morgan fingerprint density at radius 2 is 0.721 bits per heavy atom. The van der Waals surface area contributed by atoms with Crippen LogP contribution in [0, 0.1) is 24.2 Å². The lowest BCUT2D eigenvalue weighted by Crippen LogP contribution is -2.43. The maximum absolute atomic E-state index is 12.4. The van der Waals surface area contributed by atoms with Crippen molar-refractivity contribution < 1.29 is 127 Å². The summed E-state index contributed by atoms with van der Waals surface area (Å²) in [6.45, 7) is 26.6. The summed E-state index contributed by atoms with van der Waals surface area (Å²) >= 11 is 3.29. The predicted molar refractivity (Wildman–Crippen MR) is 513 cm³/mol. The summed E-state index contributed by atoms with van der Waals surface area (Å²) in [6, 6.07) is 18.1. The molecule has 4 aromatic heterocycles. The van der Waals surface area contributed by atoms with Crippen LogP contribution in [0.4, 0.5) is 14.4 Å². The quantitative estimate of drug-likeness (QED) is 0.00797. The molecule has 766 valence electrons. The van der Waals surface area contributed by atoms with E-state index in [4.69, 9.17) is 86.7 Å². The SMILES string of the molecule is C#CCOCCOCCNC(=O)OC(C)(C)C.C1CCOC1.CC(C)(C)OC(=O)NCCOCCOCC#Cc1ccc2c(c1)oc(=O)n2C1CCC(=O)NC1=O.CC(C)(C)OC(=O)NCCOCCOCCCc1ccc2c(c1)oc(=O)n2C1CCC(=O)NC1=O.Cl.NCCOCCOCCCc1ccc2c(c1)oc(=O)n2C1CCC(=O)NC1=O.O=C1CCC(n2c(=O)oc3cc(Br)ccc32)C(=O)N1. The average Bonchev–Trinajstić information content (AvgIpc) is 1.64. The van der Waals surface area contributed by atoms with Crippen LogP contribution < -0.4 is 66.0 Å². The molecule has 9 heterocycles. The molecule has 13 rings (SSSR count). The summed E-state index contributed by atoms with van der Waals surface area (Å²) in [5.74, 6) is 2.41. The number of terminal acetylenes is 1. The van der Waals surface area contributed by atoms with E-state index in [0.717, 1.165) is 54.5 Å². The van der Waals surface area contributed by atoms with Gasteiger partial charge in [0.25, 0.3) is 0 Å². The predicted octanol–water partition coefficient (Wildman–Crippen LogP) is 7.77. The normalized spacial score (nSPS) is 16.4. The largest absolute Gasteiger partial charge is 0.444 e. The number of nitrogens with one attached hydrogen (secondary N) is 7. The molecule has 0 bridgehead atoms. The van der Waals surface area contributed by atoms with Gasteiger partial charge in [0.1, 0.15) is 54.2 Å². The monoisotopic (exact) mass is 2040 g/mol. The van der Waals surface area contributed by atoms with Crippen LogP contribution in [0.25, 0.3) is 44.4 Å². The van der Waals surface area contributed by atoms with Gasteiger partial charge in [-0.05, 0) is 198 Å². The third-order valence-electron chi connectivity index (χ3n) is 20.1. The number of amides is 11. The smallest absolute Gasteiger partial charge is 0.420 e. The van der Waals surface area contributed by atoms with Crippen molar-refractivity contribution in [3.05, 3.63) is 136 Å². The molecule has 0 radical (unpaired) electrons. The summed E-state index contributed by atoms with van der Waals surface area (Å²) < 4.78 is 90.0. The maximum Gasteiger partial charge on any atom is 0.420 e. The number of carbonyl (C=O) groups excluding carboxylic acids is 11. The Bertz CT molecular complexity index is 5820. The highest BCUT2D eigenvalue weighted by Crippen LogP contribution is 2.30. The third-order valence-corrected chi connectivity index (χ3v) is 20.5. The molecular weight excluding hydrogens is 1920 g/mol.